The predicted molar refractivity (Wildman–Crippen MR) is 70.4 cm³/mol. The third-order valence-electron chi connectivity index (χ3n) is 2.79. The third kappa shape index (κ3) is 2.34. The molecule has 0 unspecified atom stereocenters. The van der Waals surface area contributed by atoms with Crippen LogP contribution in [0.4, 0.5) is 30.5 Å². The van der Waals surface area contributed by atoms with Crippen LogP contribution in [0.2, 0.25) is 0 Å². The summed E-state index contributed by atoms with van der Waals surface area (Å²) in [4.78, 5) is 8.11. The first-order valence-electron chi connectivity index (χ1n) is 5.80. The first-order chi connectivity index (χ1) is 10.1. The zero-order valence-electron chi connectivity index (χ0n) is 10.4. The number of aromatic nitrogens is 3. The normalized spacial score (nSPS) is 10.9. The number of hydrogen-bond donors (Lipinski definition) is 3. The Morgan fingerprint density at radius 3 is 2.62 bits per heavy atom. The van der Waals surface area contributed by atoms with Crippen molar-refractivity contribution in [2.75, 3.05) is 10.7 Å². The molecule has 1 aromatic carbocycles. The lowest BCUT2D eigenvalue weighted by Gasteiger charge is -2.10. The summed E-state index contributed by atoms with van der Waals surface area (Å²) in [5.41, 5.74) is 2.45. The van der Waals surface area contributed by atoms with Crippen LogP contribution in [0, 0.1) is 17.5 Å². The van der Waals surface area contributed by atoms with E-state index < -0.39 is 17.5 Å². The zero-order chi connectivity index (χ0) is 15.0. The lowest BCUT2D eigenvalue weighted by atomic mass is 10.3. The molecule has 6 nitrogen and oxygen atoms in total. The van der Waals surface area contributed by atoms with Crippen molar-refractivity contribution in [3.05, 3.63) is 48.2 Å². The van der Waals surface area contributed by atoms with E-state index in [1.165, 1.54) is 6.20 Å². The van der Waals surface area contributed by atoms with Crippen LogP contribution in [0.5, 0.6) is 0 Å². The van der Waals surface area contributed by atoms with Crippen molar-refractivity contribution < 1.29 is 13.2 Å². The summed E-state index contributed by atoms with van der Waals surface area (Å²) in [5, 5.41) is 2.57. The number of nitrogen functional groups attached to an aromatic ring is 1. The van der Waals surface area contributed by atoms with Gasteiger partial charge in [-0.2, -0.15) is 0 Å². The molecule has 0 fully saturated rings. The van der Waals surface area contributed by atoms with Crippen LogP contribution < -0.4 is 16.6 Å². The minimum atomic E-state index is -1.27. The standard InChI is InChI=1S/C12H9F3N6/c13-6-3-8(15)9(4-7(6)14)18-11-12-17-1-2-21(12)5-10(19-11)20-16/h1-5,20H,16H2,(H,18,19). The molecule has 108 valence electrons. The van der Waals surface area contributed by atoms with Crippen LogP contribution in [-0.2, 0) is 0 Å². The van der Waals surface area contributed by atoms with Crippen LogP contribution in [0.15, 0.2) is 30.7 Å². The highest BCUT2D eigenvalue weighted by Gasteiger charge is 2.13. The SMILES string of the molecule is NNc1cn2ccnc2c(Nc2cc(F)c(F)cc2F)n1. The van der Waals surface area contributed by atoms with Gasteiger partial charge in [-0.3, -0.25) is 0 Å². The van der Waals surface area contributed by atoms with Gasteiger partial charge < -0.3 is 15.1 Å². The van der Waals surface area contributed by atoms with Gasteiger partial charge in [0, 0.05) is 24.5 Å². The Morgan fingerprint density at radius 1 is 1.10 bits per heavy atom. The maximum Gasteiger partial charge on any atom is 0.180 e. The van der Waals surface area contributed by atoms with Gasteiger partial charge in [0.2, 0.25) is 0 Å². The molecular weight excluding hydrogens is 285 g/mol. The summed E-state index contributed by atoms with van der Waals surface area (Å²) in [6.45, 7) is 0. The number of hydrazine groups is 1. The smallest absolute Gasteiger partial charge is 0.180 e. The number of benzene rings is 1. The summed E-state index contributed by atoms with van der Waals surface area (Å²) in [6.07, 6.45) is 4.70. The van der Waals surface area contributed by atoms with Crippen LogP contribution in [-0.4, -0.2) is 14.4 Å². The molecule has 0 saturated heterocycles. The van der Waals surface area contributed by atoms with Crippen molar-refractivity contribution in [3.8, 4) is 0 Å². The lowest BCUT2D eigenvalue weighted by Crippen LogP contribution is -2.11. The molecule has 4 N–H and O–H groups in total. The number of halogens is 3. The predicted octanol–water partition coefficient (Wildman–Crippen LogP) is 2.18. The van der Waals surface area contributed by atoms with Crippen molar-refractivity contribution in [2.45, 2.75) is 0 Å². The number of fused-ring (bicyclic) bond motifs is 1. The molecule has 0 radical (unpaired) electrons. The second kappa shape index (κ2) is 4.94. The van der Waals surface area contributed by atoms with E-state index in [9.17, 15) is 13.2 Å². The highest BCUT2D eigenvalue weighted by Crippen LogP contribution is 2.24. The first kappa shape index (κ1) is 13.2. The highest BCUT2D eigenvalue weighted by molar-refractivity contribution is 5.71. The molecule has 2 heterocycles. The molecule has 0 amide bonds. The molecule has 0 bridgehead atoms. The van der Waals surface area contributed by atoms with Gasteiger partial charge in [0.15, 0.2) is 28.9 Å². The molecule has 0 spiro atoms. The summed E-state index contributed by atoms with van der Waals surface area (Å²) in [7, 11) is 0. The van der Waals surface area contributed by atoms with Crippen LogP contribution in [0.3, 0.4) is 0 Å². The maximum atomic E-state index is 13.7. The Balaban J connectivity index is 2.09. The number of hydrogen-bond acceptors (Lipinski definition) is 5. The van der Waals surface area contributed by atoms with Crippen LogP contribution in [0.1, 0.15) is 0 Å². The van der Waals surface area contributed by atoms with Crippen LogP contribution >= 0.6 is 0 Å². The van der Waals surface area contributed by atoms with E-state index in [2.05, 4.69) is 20.7 Å². The fraction of sp³-hybridized carbons (Fsp3) is 0. The van der Waals surface area contributed by atoms with E-state index in [1.807, 2.05) is 0 Å². The molecule has 0 aliphatic heterocycles. The van der Waals surface area contributed by atoms with Crippen molar-refractivity contribution in [3.63, 3.8) is 0 Å². The van der Waals surface area contributed by atoms with Gasteiger partial charge in [0.25, 0.3) is 0 Å². The van der Waals surface area contributed by atoms with Crippen molar-refractivity contribution >= 4 is 23.0 Å². The molecule has 0 aliphatic carbocycles. The summed E-state index contributed by atoms with van der Waals surface area (Å²) in [6, 6.07) is 1.15. The Hall–Kier alpha value is -2.81. The van der Waals surface area contributed by atoms with E-state index in [0.29, 0.717) is 17.8 Å². The Morgan fingerprint density at radius 2 is 1.86 bits per heavy atom. The summed E-state index contributed by atoms with van der Waals surface area (Å²) >= 11 is 0. The molecule has 3 rings (SSSR count). The van der Waals surface area contributed by atoms with Gasteiger partial charge in [-0.1, -0.05) is 0 Å². The minimum Gasteiger partial charge on any atom is -0.335 e. The summed E-state index contributed by atoms with van der Waals surface area (Å²) in [5.74, 6) is 2.31. The summed E-state index contributed by atoms with van der Waals surface area (Å²) < 4.78 is 41.4. The Kier molecular flexibility index (Phi) is 3.10. The highest BCUT2D eigenvalue weighted by atomic mass is 19.2. The topological polar surface area (TPSA) is 80.3 Å². The monoisotopic (exact) mass is 294 g/mol. The minimum absolute atomic E-state index is 0.139. The maximum absolute atomic E-state index is 13.7. The van der Waals surface area contributed by atoms with Gasteiger partial charge in [-0.05, 0) is 0 Å². The number of nitrogens with zero attached hydrogens (tertiary/aromatic N) is 3. The zero-order valence-corrected chi connectivity index (χ0v) is 10.4. The second-order valence-electron chi connectivity index (χ2n) is 4.15. The van der Waals surface area contributed by atoms with Crippen molar-refractivity contribution in [1.82, 2.24) is 14.4 Å². The van der Waals surface area contributed by atoms with Gasteiger partial charge in [-0.25, -0.2) is 29.0 Å². The Labute approximate surface area is 116 Å². The van der Waals surface area contributed by atoms with E-state index >= 15 is 0 Å². The second-order valence-corrected chi connectivity index (χ2v) is 4.15. The Bertz CT molecular complexity index is 816. The molecule has 0 aliphatic rings. The fourth-order valence-electron chi connectivity index (χ4n) is 1.83. The number of rotatable bonds is 3. The fourth-order valence-corrected chi connectivity index (χ4v) is 1.83. The van der Waals surface area contributed by atoms with Crippen LogP contribution in [0.25, 0.3) is 5.65 Å². The average Bonchev–Trinajstić information content (AvgIpc) is 2.93. The van der Waals surface area contributed by atoms with E-state index in [1.54, 1.807) is 16.8 Å². The van der Waals surface area contributed by atoms with E-state index in [0.717, 1.165) is 0 Å². The number of nitrogens with two attached hydrogens (primary N) is 1. The van der Waals surface area contributed by atoms with E-state index in [-0.39, 0.29) is 17.3 Å². The van der Waals surface area contributed by atoms with Gasteiger partial charge in [-0.15, -0.1) is 0 Å². The molecule has 0 saturated carbocycles. The number of anilines is 3. The number of imidazole rings is 1. The third-order valence-corrected chi connectivity index (χ3v) is 2.79. The van der Waals surface area contributed by atoms with Crippen molar-refractivity contribution in [2.24, 2.45) is 5.84 Å². The van der Waals surface area contributed by atoms with Gasteiger partial charge in [0.05, 0.1) is 11.9 Å². The van der Waals surface area contributed by atoms with E-state index in [4.69, 9.17) is 5.84 Å². The molecule has 2 aromatic heterocycles. The quantitative estimate of drug-likeness (QED) is 0.392. The van der Waals surface area contributed by atoms with Crippen molar-refractivity contribution in [1.29, 1.82) is 0 Å². The molecule has 0 atom stereocenters. The molecular formula is C12H9F3N6. The first-order valence-corrected chi connectivity index (χ1v) is 5.80. The largest absolute Gasteiger partial charge is 0.335 e. The van der Waals surface area contributed by atoms with Gasteiger partial charge >= 0.3 is 0 Å². The molecule has 21 heavy (non-hydrogen) atoms. The van der Waals surface area contributed by atoms with Gasteiger partial charge in [0.1, 0.15) is 5.82 Å². The number of nitrogens with one attached hydrogen (secondary N) is 2. The average molecular weight is 294 g/mol. The molecule has 9 heteroatoms. The lowest BCUT2D eigenvalue weighted by molar-refractivity contribution is 0.496. The molecule has 3 aromatic rings.